The molecule has 1 aliphatic rings. The molecule has 0 fully saturated rings. The van der Waals surface area contributed by atoms with Gasteiger partial charge in [0.15, 0.2) is 0 Å². The number of anilines is 1. The van der Waals surface area contributed by atoms with Crippen molar-refractivity contribution in [3.8, 4) is 11.1 Å². The lowest BCUT2D eigenvalue weighted by Crippen LogP contribution is -2.28. The Labute approximate surface area is 300 Å². The minimum absolute atomic E-state index is 0.148. The highest BCUT2D eigenvalue weighted by molar-refractivity contribution is 7.85. The fourth-order valence-electron chi connectivity index (χ4n) is 6.51. The molecular formula is C41H45ClN2O5S. The van der Waals surface area contributed by atoms with E-state index in [0.29, 0.717) is 28.6 Å². The van der Waals surface area contributed by atoms with E-state index in [-0.39, 0.29) is 17.9 Å². The van der Waals surface area contributed by atoms with Crippen LogP contribution in [0.1, 0.15) is 78.6 Å². The molecule has 1 aliphatic carbocycles. The third kappa shape index (κ3) is 9.93. The quantitative estimate of drug-likeness (QED) is 0.134. The number of rotatable bonds is 11. The van der Waals surface area contributed by atoms with E-state index >= 15 is 0 Å². The first-order valence-corrected chi connectivity index (χ1v) is 18.9. The molecule has 7 nitrogen and oxygen atoms in total. The first-order chi connectivity index (χ1) is 23.7. The molecule has 3 N–H and O–H groups in total. The number of nitrogens with one attached hydrogen (secondary N) is 2. The van der Waals surface area contributed by atoms with E-state index in [1.807, 2.05) is 61.5 Å². The lowest BCUT2D eigenvalue weighted by molar-refractivity contribution is -0.117. The van der Waals surface area contributed by atoms with E-state index in [0.717, 1.165) is 47.1 Å². The summed E-state index contributed by atoms with van der Waals surface area (Å²) in [6.45, 7) is 8.74. The Morgan fingerprint density at radius 2 is 1.58 bits per heavy atom. The van der Waals surface area contributed by atoms with Crippen LogP contribution in [0.4, 0.5) is 5.69 Å². The van der Waals surface area contributed by atoms with Gasteiger partial charge in [-0.05, 0) is 119 Å². The summed E-state index contributed by atoms with van der Waals surface area (Å²) in [6.07, 6.45) is 6.03. The molecule has 0 aliphatic heterocycles. The van der Waals surface area contributed by atoms with Gasteiger partial charge in [-0.25, -0.2) is 0 Å². The summed E-state index contributed by atoms with van der Waals surface area (Å²) in [5.74, 6) is -1.01. The second-order valence-electron chi connectivity index (χ2n) is 14.2. The Morgan fingerprint density at radius 1 is 0.920 bits per heavy atom. The monoisotopic (exact) mass is 712 g/mol. The third-order valence-electron chi connectivity index (χ3n) is 9.59. The van der Waals surface area contributed by atoms with E-state index in [1.54, 1.807) is 24.3 Å². The first-order valence-electron chi connectivity index (χ1n) is 17.0. The van der Waals surface area contributed by atoms with Gasteiger partial charge in [0.1, 0.15) is 0 Å². The number of carbonyl (C=O) groups is 2. The summed E-state index contributed by atoms with van der Waals surface area (Å²) in [6, 6.07) is 28.8. The fourth-order valence-corrected chi connectivity index (χ4v) is 7.10. The van der Waals surface area contributed by atoms with Gasteiger partial charge in [0.2, 0.25) is 5.91 Å². The minimum atomic E-state index is -4.17. The average Bonchev–Trinajstić information content (AvgIpc) is 3.07. The summed E-state index contributed by atoms with van der Waals surface area (Å²) in [4.78, 5) is 26.5. The first kappa shape index (κ1) is 37.0. The van der Waals surface area contributed by atoms with Gasteiger partial charge in [-0.3, -0.25) is 14.1 Å². The summed E-state index contributed by atoms with van der Waals surface area (Å²) >= 11 is 6.15. The molecule has 0 spiro atoms. The topological polar surface area (TPSA) is 113 Å². The van der Waals surface area contributed by atoms with Crippen molar-refractivity contribution in [1.29, 1.82) is 0 Å². The van der Waals surface area contributed by atoms with Gasteiger partial charge in [-0.15, -0.1) is 0 Å². The minimum Gasteiger partial charge on any atom is -0.351 e. The van der Waals surface area contributed by atoms with Gasteiger partial charge >= 0.3 is 0 Å². The molecular weight excluding hydrogens is 668 g/mol. The largest absolute Gasteiger partial charge is 0.351 e. The normalized spacial score (nSPS) is 15.6. The van der Waals surface area contributed by atoms with Crippen molar-refractivity contribution in [3.63, 3.8) is 0 Å². The maximum Gasteiger partial charge on any atom is 0.266 e. The van der Waals surface area contributed by atoms with E-state index in [1.165, 1.54) is 11.1 Å². The molecule has 0 bridgehead atoms. The van der Waals surface area contributed by atoms with E-state index < -0.39 is 27.7 Å². The molecule has 0 unspecified atom stereocenters. The number of amides is 2. The highest BCUT2D eigenvalue weighted by Gasteiger charge is 2.27. The maximum absolute atomic E-state index is 14.0. The van der Waals surface area contributed by atoms with Crippen LogP contribution in [0.25, 0.3) is 16.7 Å². The molecule has 0 heterocycles. The van der Waals surface area contributed by atoms with Crippen LogP contribution in [-0.2, 0) is 21.3 Å². The molecule has 0 radical (unpaired) electrons. The predicted octanol–water partition coefficient (Wildman–Crippen LogP) is 9.13. The highest BCUT2D eigenvalue weighted by Crippen LogP contribution is 2.40. The Kier molecular flexibility index (Phi) is 11.7. The molecule has 2 atom stereocenters. The van der Waals surface area contributed by atoms with Gasteiger partial charge in [-0.2, -0.15) is 8.42 Å². The van der Waals surface area contributed by atoms with E-state index in [9.17, 15) is 18.0 Å². The number of carbonyl (C=O) groups excluding carboxylic acids is 2. The predicted molar refractivity (Wildman–Crippen MR) is 203 cm³/mol. The van der Waals surface area contributed by atoms with Crippen LogP contribution in [-0.4, -0.2) is 37.1 Å². The van der Waals surface area contributed by atoms with Crippen molar-refractivity contribution in [2.75, 3.05) is 17.6 Å². The summed E-state index contributed by atoms with van der Waals surface area (Å²) in [7, 11) is -4.17. The lowest BCUT2D eigenvalue weighted by atomic mass is 9.72. The number of hydrogen-bond donors (Lipinski definition) is 3. The van der Waals surface area contributed by atoms with E-state index in [4.69, 9.17) is 16.2 Å². The lowest BCUT2D eigenvalue weighted by Gasteiger charge is -2.33. The van der Waals surface area contributed by atoms with Crippen LogP contribution >= 0.6 is 11.6 Å². The standard InChI is InChI=1S/C41H45ClN2O5S/c1-27-25-35(42)19-22-37(27)31-15-20-36(21-16-31)44-40(46)38(26-28-5-7-33(8-6-28)39(45)43-23-24-50(47,48)49)32-11-9-29(10-12-32)30-13-17-34(18-14-30)41(2,3)4/h5-13,15-16,19-22,25,34,38H,14,17-18,23-24,26H2,1-4H3,(H,43,45)(H,44,46)(H,47,48,49)/t34-,38+/m0/s1. The summed E-state index contributed by atoms with van der Waals surface area (Å²) in [5.41, 5.74) is 8.75. The van der Waals surface area contributed by atoms with Crippen molar-refractivity contribution in [2.24, 2.45) is 11.3 Å². The molecule has 4 aromatic carbocycles. The number of hydrogen-bond acceptors (Lipinski definition) is 4. The Hall–Kier alpha value is -4.24. The molecule has 50 heavy (non-hydrogen) atoms. The highest BCUT2D eigenvalue weighted by atomic mass is 35.5. The van der Waals surface area contributed by atoms with Gasteiger partial charge in [0.05, 0.1) is 11.7 Å². The number of allylic oxidation sites excluding steroid dienone is 2. The molecule has 5 rings (SSSR count). The van der Waals surface area contributed by atoms with Crippen molar-refractivity contribution < 1.29 is 22.6 Å². The number of aryl methyl sites for hydroxylation is 1. The number of benzene rings is 4. The van der Waals surface area contributed by atoms with Crippen molar-refractivity contribution >= 4 is 44.8 Å². The van der Waals surface area contributed by atoms with Gasteiger partial charge in [0.25, 0.3) is 16.0 Å². The third-order valence-corrected chi connectivity index (χ3v) is 10.5. The Bertz CT molecular complexity index is 1960. The summed E-state index contributed by atoms with van der Waals surface area (Å²) < 4.78 is 30.9. The van der Waals surface area contributed by atoms with E-state index in [2.05, 4.69) is 49.6 Å². The van der Waals surface area contributed by atoms with Gasteiger partial charge in [-0.1, -0.05) is 93.0 Å². The summed E-state index contributed by atoms with van der Waals surface area (Å²) in [5, 5.41) is 6.30. The van der Waals surface area contributed by atoms with Gasteiger partial charge < -0.3 is 10.6 Å². The van der Waals surface area contributed by atoms with Crippen LogP contribution < -0.4 is 10.6 Å². The maximum atomic E-state index is 14.0. The van der Waals surface area contributed by atoms with Crippen molar-refractivity contribution in [2.45, 2.75) is 59.3 Å². The SMILES string of the molecule is Cc1cc(Cl)ccc1-c1ccc(NC(=O)[C@H](Cc2ccc(C(=O)NCCS(=O)(=O)O)cc2)c2ccc(C3=CC[C@H](C(C)(C)C)CC3)cc2)cc1. The fraction of sp³-hybridized carbons (Fsp3) is 0.317. The molecule has 0 saturated heterocycles. The zero-order chi connectivity index (χ0) is 36.1. The second-order valence-corrected chi connectivity index (χ2v) is 16.2. The molecule has 0 aromatic heterocycles. The van der Waals surface area contributed by atoms with Crippen molar-refractivity contribution in [1.82, 2.24) is 5.32 Å². The Morgan fingerprint density at radius 3 is 2.16 bits per heavy atom. The smallest absolute Gasteiger partial charge is 0.266 e. The average molecular weight is 713 g/mol. The molecule has 4 aromatic rings. The van der Waals surface area contributed by atoms with Crippen molar-refractivity contribution in [3.05, 3.63) is 130 Å². The molecule has 9 heteroatoms. The Balaban J connectivity index is 1.35. The molecule has 262 valence electrons. The molecule has 0 saturated carbocycles. The van der Waals surface area contributed by atoms with Crippen LogP contribution in [0.15, 0.2) is 97.1 Å². The second kappa shape index (κ2) is 15.8. The van der Waals surface area contributed by atoms with Crippen LogP contribution in [0.3, 0.4) is 0 Å². The zero-order valence-corrected chi connectivity index (χ0v) is 30.6. The van der Waals surface area contributed by atoms with Crippen LogP contribution in [0.5, 0.6) is 0 Å². The van der Waals surface area contributed by atoms with Gasteiger partial charge in [0, 0.05) is 22.8 Å². The van der Waals surface area contributed by atoms with Crippen LogP contribution in [0.2, 0.25) is 5.02 Å². The zero-order valence-electron chi connectivity index (χ0n) is 29.0. The van der Waals surface area contributed by atoms with Crippen LogP contribution in [0, 0.1) is 18.3 Å². The number of halogens is 1. The molecule has 2 amide bonds.